The summed E-state index contributed by atoms with van der Waals surface area (Å²) in [6.07, 6.45) is 1.49. The van der Waals surface area contributed by atoms with Crippen LogP contribution in [0.2, 0.25) is 0 Å². The van der Waals surface area contributed by atoms with Crippen LogP contribution >= 0.6 is 0 Å². The van der Waals surface area contributed by atoms with E-state index in [1.807, 2.05) is 0 Å². The Kier molecular flexibility index (Phi) is 4.67. The molecule has 0 spiro atoms. The van der Waals surface area contributed by atoms with E-state index in [4.69, 9.17) is 0 Å². The molecule has 0 saturated heterocycles. The first-order chi connectivity index (χ1) is 10.3. The van der Waals surface area contributed by atoms with Gasteiger partial charge in [0.05, 0.1) is 17.1 Å². The van der Waals surface area contributed by atoms with Crippen molar-refractivity contribution >= 4 is 16.0 Å². The van der Waals surface area contributed by atoms with Crippen LogP contribution in [0.4, 0.5) is 14.7 Å². The van der Waals surface area contributed by atoms with Crippen LogP contribution in [0.1, 0.15) is 5.69 Å². The normalized spacial score (nSPS) is 11.5. The van der Waals surface area contributed by atoms with Crippen LogP contribution in [0.3, 0.4) is 0 Å². The average Bonchev–Trinajstić information content (AvgIpc) is 2.44. The first kappa shape index (κ1) is 16.2. The second-order valence-corrected chi connectivity index (χ2v) is 6.44. The van der Waals surface area contributed by atoms with Crippen LogP contribution in [0.5, 0.6) is 0 Å². The van der Waals surface area contributed by atoms with Crippen LogP contribution < -0.4 is 9.62 Å². The Morgan fingerprint density at radius 1 is 1.18 bits per heavy atom. The number of anilines is 1. The van der Waals surface area contributed by atoms with Gasteiger partial charge in [-0.1, -0.05) is 0 Å². The molecule has 9 heteroatoms. The molecule has 1 aromatic carbocycles. The molecule has 0 amide bonds. The van der Waals surface area contributed by atoms with Crippen molar-refractivity contribution in [2.45, 2.75) is 11.4 Å². The van der Waals surface area contributed by atoms with Gasteiger partial charge in [-0.3, -0.25) is 0 Å². The van der Waals surface area contributed by atoms with Crippen LogP contribution in [0.25, 0.3) is 0 Å². The molecule has 1 heterocycles. The fraction of sp³-hybridized carbons (Fsp3) is 0.231. The van der Waals surface area contributed by atoms with Crippen molar-refractivity contribution in [3.05, 3.63) is 47.8 Å². The lowest BCUT2D eigenvalue weighted by Crippen LogP contribution is -2.24. The zero-order valence-corrected chi connectivity index (χ0v) is 12.7. The third-order valence-electron chi connectivity index (χ3n) is 2.69. The van der Waals surface area contributed by atoms with Crippen LogP contribution in [0.15, 0.2) is 35.4 Å². The van der Waals surface area contributed by atoms with Gasteiger partial charge in [-0.15, -0.1) is 0 Å². The Labute approximate surface area is 126 Å². The molecule has 0 bridgehead atoms. The van der Waals surface area contributed by atoms with Crippen molar-refractivity contribution < 1.29 is 17.2 Å². The van der Waals surface area contributed by atoms with Crippen LogP contribution in [-0.4, -0.2) is 32.5 Å². The molecule has 0 atom stereocenters. The van der Waals surface area contributed by atoms with Gasteiger partial charge in [0.1, 0.15) is 11.6 Å². The smallest absolute Gasteiger partial charge is 0.241 e. The summed E-state index contributed by atoms with van der Waals surface area (Å²) in [7, 11) is -0.543. The van der Waals surface area contributed by atoms with Crippen molar-refractivity contribution in [3.8, 4) is 0 Å². The molecule has 0 radical (unpaired) electrons. The maximum Gasteiger partial charge on any atom is 0.241 e. The highest BCUT2D eigenvalue weighted by molar-refractivity contribution is 7.89. The Hall–Kier alpha value is -2.13. The topological polar surface area (TPSA) is 75.2 Å². The molecule has 2 rings (SSSR count). The Bertz CT molecular complexity index is 761. The lowest BCUT2D eigenvalue weighted by molar-refractivity contribution is 0.561. The SMILES string of the molecule is CN(C)c1nccc(CNS(=O)(=O)c2cc(F)cc(F)c2)n1. The van der Waals surface area contributed by atoms with E-state index < -0.39 is 26.6 Å². The maximum absolute atomic E-state index is 13.1. The van der Waals surface area contributed by atoms with Gasteiger partial charge in [-0.2, -0.15) is 0 Å². The van der Waals surface area contributed by atoms with E-state index in [1.165, 1.54) is 6.20 Å². The number of benzene rings is 1. The van der Waals surface area contributed by atoms with Crippen LogP contribution in [-0.2, 0) is 16.6 Å². The van der Waals surface area contributed by atoms with E-state index in [2.05, 4.69) is 14.7 Å². The molecule has 1 N–H and O–H groups in total. The Morgan fingerprint density at radius 3 is 2.41 bits per heavy atom. The molecule has 6 nitrogen and oxygen atoms in total. The second-order valence-electron chi connectivity index (χ2n) is 4.67. The molecule has 2 aromatic rings. The molecule has 0 unspecified atom stereocenters. The lowest BCUT2D eigenvalue weighted by Gasteiger charge is -2.11. The fourth-order valence-electron chi connectivity index (χ4n) is 1.63. The standard InChI is InChI=1S/C13H14F2N4O2S/c1-19(2)13-16-4-3-11(18-13)8-17-22(20,21)12-6-9(14)5-10(15)7-12/h3-7,17H,8H2,1-2H3. The molecule has 1 aromatic heterocycles. The summed E-state index contributed by atoms with van der Waals surface area (Å²) in [5, 5.41) is 0. The summed E-state index contributed by atoms with van der Waals surface area (Å²) in [4.78, 5) is 9.33. The number of halogens is 2. The molecular weight excluding hydrogens is 314 g/mol. The third kappa shape index (κ3) is 3.95. The zero-order valence-electron chi connectivity index (χ0n) is 11.9. The van der Waals surface area contributed by atoms with Gasteiger partial charge in [0.25, 0.3) is 0 Å². The van der Waals surface area contributed by atoms with Crippen molar-refractivity contribution in [2.24, 2.45) is 0 Å². The highest BCUT2D eigenvalue weighted by atomic mass is 32.2. The van der Waals surface area contributed by atoms with Gasteiger partial charge in [0.2, 0.25) is 16.0 Å². The van der Waals surface area contributed by atoms with E-state index >= 15 is 0 Å². The molecule has 0 aliphatic heterocycles. The van der Waals surface area contributed by atoms with Gasteiger partial charge in [0.15, 0.2) is 0 Å². The molecule has 118 valence electrons. The van der Waals surface area contributed by atoms with E-state index in [-0.39, 0.29) is 6.54 Å². The van der Waals surface area contributed by atoms with E-state index in [0.29, 0.717) is 17.7 Å². The van der Waals surface area contributed by atoms with E-state index in [9.17, 15) is 17.2 Å². The molecule has 0 aliphatic carbocycles. The first-order valence-electron chi connectivity index (χ1n) is 6.23. The Morgan fingerprint density at radius 2 is 1.82 bits per heavy atom. The number of rotatable bonds is 5. The second kappa shape index (κ2) is 6.32. The minimum absolute atomic E-state index is 0.121. The molecule has 0 fully saturated rings. The summed E-state index contributed by atoms with van der Waals surface area (Å²) >= 11 is 0. The van der Waals surface area contributed by atoms with Crippen molar-refractivity contribution in [1.29, 1.82) is 0 Å². The average molecular weight is 328 g/mol. The zero-order chi connectivity index (χ0) is 16.3. The minimum atomic E-state index is -4.04. The van der Waals surface area contributed by atoms with Crippen molar-refractivity contribution in [3.63, 3.8) is 0 Å². The maximum atomic E-state index is 13.1. The summed E-state index contributed by atoms with van der Waals surface area (Å²) in [6, 6.07) is 3.64. The third-order valence-corrected chi connectivity index (χ3v) is 4.07. The predicted octanol–water partition coefficient (Wildman–Crippen LogP) is 1.30. The molecular formula is C13H14F2N4O2S. The number of nitrogens with zero attached hydrogens (tertiary/aromatic N) is 3. The largest absolute Gasteiger partial charge is 0.347 e. The molecule has 22 heavy (non-hydrogen) atoms. The van der Waals surface area contributed by atoms with Gasteiger partial charge >= 0.3 is 0 Å². The molecule has 0 aliphatic rings. The van der Waals surface area contributed by atoms with Crippen molar-refractivity contribution in [2.75, 3.05) is 19.0 Å². The number of aromatic nitrogens is 2. The van der Waals surface area contributed by atoms with Crippen molar-refractivity contribution in [1.82, 2.24) is 14.7 Å². The van der Waals surface area contributed by atoms with Gasteiger partial charge in [0, 0.05) is 26.4 Å². The van der Waals surface area contributed by atoms with E-state index in [0.717, 1.165) is 12.1 Å². The number of nitrogens with one attached hydrogen (secondary N) is 1. The fourth-order valence-corrected chi connectivity index (χ4v) is 2.67. The summed E-state index contributed by atoms with van der Waals surface area (Å²) < 4.78 is 52.5. The van der Waals surface area contributed by atoms with E-state index in [1.54, 1.807) is 25.1 Å². The molecule has 0 saturated carbocycles. The highest BCUT2D eigenvalue weighted by Crippen LogP contribution is 2.14. The quantitative estimate of drug-likeness (QED) is 0.895. The highest BCUT2D eigenvalue weighted by Gasteiger charge is 2.16. The Balaban J connectivity index is 2.17. The van der Waals surface area contributed by atoms with Gasteiger partial charge in [-0.25, -0.2) is 31.9 Å². The summed E-state index contributed by atoms with van der Waals surface area (Å²) in [5.74, 6) is -1.50. The number of hydrogen-bond acceptors (Lipinski definition) is 5. The minimum Gasteiger partial charge on any atom is -0.347 e. The lowest BCUT2D eigenvalue weighted by atomic mass is 10.3. The summed E-state index contributed by atoms with van der Waals surface area (Å²) in [6.45, 7) is -0.121. The monoisotopic (exact) mass is 328 g/mol. The van der Waals surface area contributed by atoms with Crippen LogP contribution in [0, 0.1) is 11.6 Å². The number of hydrogen-bond donors (Lipinski definition) is 1. The van der Waals surface area contributed by atoms with Gasteiger partial charge in [-0.05, 0) is 18.2 Å². The first-order valence-corrected chi connectivity index (χ1v) is 7.71. The predicted molar refractivity (Wildman–Crippen MR) is 76.7 cm³/mol. The van der Waals surface area contributed by atoms with Gasteiger partial charge < -0.3 is 4.90 Å². The number of sulfonamides is 1. The summed E-state index contributed by atoms with van der Waals surface area (Å²) in [5.41, 5.74) is 0.430.